The lowest BCUT2D eigenvalue weighted by atomic mass is 9.85. The molecule has 0 saturated carbocycles. The number of hydrogen-bond donors (Lipinski definition) is 2. The molecule has 1 aliphatic rings. The highest BCUT2D eigenvalue weighted by molar-refractivity contribution is 6.09. The number of carbonyl (C=O) groups excluding carboxylic acids is 2. The molecule has 5 heteroatoms. The molecule has 0 radical (unpaired) electrons. The first kappa shape index (κ1) is 22.3. The number of rotatable bonds is 5. The number of allylic oxidation sites excluding steroid dienone is 1. The molecule has 168 valence electrons. The lowest BCUT2D eigenvalue weighted by Crippen LogP contribution is -2.43. The minimum Gasteiger partial charge on any atom is -0.497 e. The molecule has 0 atom stereocenters. The fourth-order valence-corrected chi connectivity index (χ4v) is 4.08. The second-order valence-electron chi connectivity index (χ2n) is 9.03. The summed E-state index contributed by atoms with van der Waals surface area (Å²) in [5, 5.41) is 6.37. The van der Waals surface area contributed by atoms with Crippen molar-refractivity contribution < 1.29 is 14.3 Å². The van der Waals surface area contributed by atoms with Gasteiger partial charge in [-0.1, -0.05) is 23.8 Å². The van der Waals surface area contributed by atoms with E-state index in [4.69, 9.17) is 4.74 Å². The molecule has 0 aliphatic carbocycles. The van der Waals surface area contributed by atoms with Gasteiger partial charge in [-0.25, -0.2) is 0 Å². The number of hydrogen-bond acceptors (Lipinski definition) is 4. The zero-order valence-corrected chi connectivity index (χ0v) is 19.4. The van der Waals surface area contributed by atoms with Crippen molar-refractivity contribution in [3.8, 4) is 5.75 Å². The SMILES string of the molecule is COc1ccc2c(c1)/C(=C/C(=O)c1ccc(NC(=O)c3cccc(C)c3)cc1)NC(C)(C)C2. The fraction of sp³-hybridized carbons (Fsp3) is 0.214. The molecule has 33 heavy (non-hydrogen) atoms. The summed E-state index contributed by atoms with van der Waals surface area (Å²) in [6.07, 6.45) is 2.49. The van der Waals surface area contributed by atoms with E-state index in [1.54, 1.807) is 43.5 Å². The molecule has 0 aromatic heterocycles. The van der Waals surface area contributed by atoms with Crippen LogP contribution in [0.4, 0.5) is 5.69 Å². The maximum atomic E-state index is 13.0. The minimum atomic E-state index is -0.181. The Kier molecular flexibility index (Phi) is 6.05. The van der Waals surface area contributed by atoms with Gasteiger partial charge in [-0.3, -0.25) is 9.59 Å². The molecular formula is C28H28N2O3. The van der Waals surface area contributed by atoms with Crippen LogP contribution < -0.4 is 15.4 Å². The van der Waals surface area contributed by atoms with Crippen LogP contribution in [0.1, 0.15) is 51.3 Å². The average molecular weight is 441 g/mol. The number of methoxy groups -OCH3 is 1. The molecule has 1 heterocycles. The molecule has 0 spiro atoms. The third-order valence-corrected chi connectivity index (χ3v) is 5.70. The number of amides is 1. The van der Waals surface area contributed by atoms with E-state index in [0.717, 1.165) is 29.0 Å². The van der Waals surface area contributed by atoms with Crippen LogP contribution in [-0.2, 0) is 6.42 Å². The van der Waals surface area contributed by atoms with Crippen molar-refractivity contribution in [1.29, 1.82) is 0 Å². The number of carbonyl (C=O) groups is 2. The highest BCUT2D eigenvalue weighted by Crippen LogP contribution is 2.32. The van der Waals surface area contributed by atoms with Crippen molar-refractivity contribution in [3.05, 3.63) is 101 Å². The Balaban J connectivity index is 1.54. The van der Waals surface area contributed by atoms with Crippen molar-refractivity contribution in [1.82, 2.24) is 5.32 Å². The standard InChI is InChI=1S/C28H28N2O3/c1-18-6-5-7-20(14-18)27(32)29-22-11-8-19(9-12-22)26(31)16-25-24-15-23(33-4)13-10-21(24)17-28(2,3)30-25/h5-16,30H,17H2,1-4H3,(H,29,32)/b25-16-. The van der Waals surface area contributed by atoms with Gasteiger partial charge < -0.3 is 15.4 Å². The Bertz CT molecular complexity index is 1240. The predicted molar refractivity (Wildman–Crippen MR) is 132 cm³/mol. The number of anilines is 1. The fourth-order valence-electron chi connectivity index (χ4n) is 4.08. The zero-order valence-electron chi connectivity index (χ0n) is 19.4. The monoisotopic (exact) mass is 440 g/mol. The quantitative estimate of drug-likeness (QED) is 0.412. The molecule has 1 aliphatic heterocycles. The minimum absolute atomic E-state index is 0.111. The van der Waals surface area contributed by atoms with Crippen LogP contribution in [0.15, 0.2) is 72.8 Å². The number of aryl methyl sites for hydroxylation is 1. The summed E-state index contributed by atoms with van der Waals surface area (Å²) >= 11 is 0. The normalized spacial score (nSPS) is 15.3. The van der Waals surface area contributed by atoms with Gasteiger partial charge in [-0.2, -0.15) is 0 Å². The van der Waals surface area contributed by atoms with Crippen LogP contribution in [0.2, 0.25) is 0 Å². The van der Waals surface area contributed by atoms with Crippen molar-refractivity contribution in [2.24, 2.45) is 0 Å². The van der Waals surface area contributed by atoms with E-state index >= 15 is 0 Å². The lowest BCUT2D eigenvalue weighted by molar-refractivity contribution is 0.102. The van der Waals surface area contributed by atoms with Crippen molar-refractivity contribution >= 4 is 23.1 Å². The Morgan fingerprint density at radius 1 is 1.00 bits per heavy atom. The lowest BCUT2D eigenvalue weighted by Gasteiger charge is -2.35. The smallest absolute Gasteiger partial charge is 0.255 e. The van der Waals surface area contributed by atoms with E-state index in [1.807, 2.05) is 37.3 Å². The topological polar surface area (TPSA) is 67.4 Å². The Labute approximate surface area is 194 Å². The van der Waals surface area contributed by atoms with E-state index in [2.05, 4.69) is 30.5 Å². The number of benzene rings is 3. The first-order valence-electron chi connectivity index (χ1n) is 10.9. The maximum absolute atomic E-state index is 13.0. The van der Waals surface area contributed by atoms with Gasteiger partial charge in [0.05, 0.1) is 7.11 Å². The molecule has 0 fully saturated rings. The van der Waals surface area contributed by atoms with Gasteiger partial charge in [-0.05, 0) is 81.3 Å². The molecule has 5 nitrogen and oxygen atoms in total. The van der Waals surface area contributed by atoms with Crippen molar-refractivity contribution in [2.45, 2.75) is 32.7 Å². The molecule has 2 N–H and O–H groups in total. The largest absolute Gasteiger partial charge is 0.497 e. The zero-order chi connectivity index (χ0) is 23.6. The van der Waals surface area contributed by atoms with E-state index in [0.29, 0.717) is 16.8 Å². The van der Waals surface area contributed by atoms with E-state index in [1.165, 1.54) is 5.56 Å². The van der Waals surface area contributed by atoms with Crippen LogP contribution in [0.25, 0.3) is 5.70 Å². The summed E-state index contributed by atoms with van der Waals surface area (Å²) < 4.78 is 5.38. The van der Waals surface area contributed by atoms with Crippen LogP contribution in [0.3, 0.4) is 0 Å². The van der Waals surface area contributed by atoms with Gasteiger partial charge in [0, 0.05) is 39.7 Å². The number of fused-ring (bicyclic) bond motifs is 1. The van der Waals surface area contributed by atoms with Crippen molar-refractivity contribution in [2.75, 3.05) is 12.4 Å². The van der Waals surface area contributed by atoms with Gasteiger partial charge in [0.2, 0.25) is 0 Å². The first-order chi connectivity index (χ1) is 15.7. The highest BCUT2D eigenvalue weighted by atomic mass is 16.5. The summed E-state index contributed by atoms with van der Waals surface area (Å²) in [6, 6.07) is 20.3. The van der Waals surface area contributed by atoms with Gasteiger partial charge in [-0.15, -0.1) is 0 Å². The number of ketones is 1. The number of nitrogens with one attached hydrogen (secondary N) is 2. The first-order valence-corrected chi connectivity index (χ1v) is 10.9. The number of ether oxygens (including phenoxy) is 1. The molecule has 0 unspecified atom stereocenters. The molecule has 3 aromatic rings. The highest BCUT2D eigenvalue weighted by Gasteiger charge is 2.28. The average Bonchev–Trinajstić information content (AvgIpc) is 2.78. The van der Waals surface area contributed by atoms with Crippen molar-refractivity contribution in [3.63, 3.8) is 0 Å². The second-order valence-corrected chi connectivity index (χ2v) is 9.03. The molecule has 3 aromatic carbocycles. The molecule has 4 rings (SSSR count). The summed E-state index contributed by atoms with van der Waals surface area (Å²) in [4.78, 5) is 25.5. The van der Waals surface area contributed by atoms with Gasteiger partial charge in [0.15, 0.2) is 5.78 Å². The molecule has 0 bridgehead atoms. The van der Waals surface area contributed by atoms with Gasteiger partial charge >= 0.3 is 0 Å². The Hall–Kier alpha value is -3.86. The van der Waals surface area contributed by atoms with Gasteiger partial charge in [0.1, 0.15) is 5.75 Å². The Morgan fingerprint density at radius 3 is 2.45 bits per heavy atom. The maximum Gasteiger partial charge on any atom is 0.255 e. The van der Waals surface area contributed by atoms with E-state index in [9.17, 15) is 9.59 Å². The molecular weight excluding hydrogens is 412 g/mol. The molecule has 1 amide bonds. The van der Waals surface area contributed by atoms with Gasteiger partial charge in [0.25, 0.3) is 5.91 Å². The predicted octanol–water partition coefficient (Wildman–Crippen LogP) is 5.40. The van der Waals surface area contributed by atoms with Crippen LogP contribution >= 0.6 is 0 Å². The summed E-state index contributed by atoms with van der Waals surface area (Å²) in [5.74, 6) is 0.460. The molecule has 0 saturated heterocycles. The second kappa shape index (κ2) is 8.94. The third kappa shape index (κ3) is 5.14. The van der Waals surface area contributed by atoms with E-state index in [-0.39, 0.29) is 17.2 Å². The summed E-state index contributed by atoms with van der Waals surface area (Å²) in [5.41, 5.74) is 5.56. The Morgan fingerprint density at radius 2 is 1.76 bits per heavy atom. The van der Waals surface area contributed by atoms with Crippen LogP contribution in [0.5, 0.6) is 5.75 Å². The summed E-state index contributed by atoms with van der Waals surface area (Å²) in [7, 11) is 1.63. The third-order valence-electron chi connectivity index (χ3n) is 5.70. The van der Waals surface area contributed by atoms with Crippen LogP contribution in [0, 0.1) is 6.92 Å². The van der Waals surface area contributed by atoms with Crippen LogP contribution in [-0.4, -0.2) is 24.3 Å². The summed E-state index contributed by atoms with van der Waals surface area (Å²) in [6.45, 7) is 6.18. The van der Waals surface area contributed by atoms with E-state index < -0.39 is 0 Å².